The van der Waals surface area contributed by atoms with E-state index in [1.54, 1.807) is 17.4 Å². The van der Waals surface area contributed by atoms with Crippen molar-refractivity contribution in [3.8, 4) is 0 Å². The summed E-state index contributed by atoms with van der Waals surface area (Å²) in [6.45, 7) is 4.70. The van der Waals surface area contributed by atoms with Crippen molar-refractivity contribution in [2.45, 2.75) is 39.2 Å². The first-order valence-corrected chi connectivity index (χ1v) is 8.20. The molecular weight excluding hydrogens is 282 g/mol. The predicted molar refractivity (Wildman–Crippen MR) is 83.5 cm³/mol. The summed E-state index contributed by atoms with van der Waals surface area (Å²) >= 11 is 1.65. The summed E-state index contributed by atoms with van der Waals surface area (Å²) in [5, 5.41) is 3.10. The molecule has 0 radical (unpaired) electrons. The molecule has 1 atom stereocenters. The molecule has 0 saturated carbocycles. The molecule has 1 unspecified atom stereocenters. The Morgan fingerprint density at radius 1 is 1.24 bits per heavy atom. The fraction of sp³-hybridized carbons (Fsp3) is 0.438. The van der Waals surface area contributed by atoms with E-state index in [-0.39, 0.29) is 11.9 Å². The Morgan fingerprint density at radius 2 is 2.10 bits per heavy atom. The molecule has 1 amide bonds. The topological polar surface area (TPSA) is 46.1 Å². The second kappa shape index (κ2) is 5.93. The van der Waals surface area contributed by atoms with E-state index in [0.717, 1.165) is 42.2 Å². The van der Waals surface area contributed by atoms with Crippen LogP contribution in [-0.2, 0) is 0 Å². The van der Waals surface area contributed by atoms with Gasteiger partial charge in [-0.15, -0.1) is 11.3 Å². The molecular formula is C16H19N3OS. The van der Waals surface area contributed by atoms with Gasteiger partial charge in [0.1, 0.15) is 10.7 Å². The number of likely N-dealkylation sites (tertiary alicyclic amines) is 1. The first-order valence-electron chi connectivity index (χ1n) is 7.32. The third-order valence-corrected chi connectivity index (χ3v) is 4.86. The Morgan fingerprint density at radius 3 is 2.81 bits per heavy atom. The van der Waals surface area contributed by atoms with E-state index >= 15 is 0 Å². The molecule has 0 aliphatic carbocycles. The lowest BCUT2D eigenvalue weighted by Gasteiger charge is -2.34. The van der Waals surface area contributed by atoms with Crippen LogP contribution in [0.1, 0.15) is 52.2 Å². The molecule has 3 rings (SSSR count). The molecule has 4 nitrogen and oxygen atoms in total. The highest BCUT2D eigenvalue weighted by molar-refractivity contribution is 7.09. The Labute approximate surface area is 128 Å². The van der Waals surface area contributed by atoms with Crippen LogP contribution in [0.3, 0.4) is 0 Å². The molecule has 1 fully saturated rings. The van der Waals surface area contributed by atoms with Gasteiger partial charge in [-0.05, 0) is 45.2 Å². The smallest absolute Gasteiger partial charge is 0.273 e. The number of rotatable bonds is 2. The Hall–Kier alpha value is -1.75. The van der Waals surface area contributed by atoms with E-state index in [4.69, 9.17) is 0 Å². The molecule has 0 aromatic carbocycles. The zero-order chi connectivity index (χ0) is 14.8. The van der Waals surface area contributed by atoms with E-state index in [2.05, 4.69) is 15.3 Å². The minimum absolute atomic E-state index is 0.0243. The lowest BCUT2D eigenvalue weighted by molar-refractivity contribution is 0.0604. The first kappa shape index (κ1) is 14.2. The van der Waals surface area contributed by atoms with E-state index in [9.17, 15) is 4.79 Å². The summed E-state index contributed by atoms with van der Waals surface area (Å²) in [5.74, 6) is 0.0243. The molecule has 1 aliphatic heterocycles. The molecule has 0 N–H and O–H groups in total. The van der Waals surface area contributed by atoms with E-state index in [1.807, 2.05) is 30.9 Å². The van der Waals surface area contributed by atoms with Gasteiger partial charge in [0, 0.05) is 23.3 Å². The van der Waals surface area contributed by atoms with Crippen LogP contribution < -0.4 is 0 Å². The third kappa shape index (κ3) is 2.97. The lowest BCUT2D eigenvalue weighted by atomic mass is 10.0. The Balaban J connectivity index is 1.89. The molecule has 21 heavy (non-hydrogen) atoms. The summed E-state index contributed by atoms with van der Waals surface area (Å²) in [7, 11) is 0. The molecule has 110 valence electrons. The van der Waals surface area contributed by atoms with Crippen molar-refractivity contribution in [2.75, 3.05) is 6.54 Å². The molecule has 1 saturated heterocycles. The van der Waals surface area contributed by atoms with Crippen molar-refractivity contribution >= 4 is 17.2 Å². The van der Waals surface area contributed by atoms with Crippen LogP contribution in [0.4, 0.5) is 0 Å². The van der Waals surface area contributed by atoms with Gasteiger partial charge in [-0.2, -0.15) is 0 Å². The van der Waals surface area contributed by atoms with Crippen molar-refractivity contribution < 1.29 is 4.79 Å². The van der Waals surface area contributed by atoms with E-state index in [1.165, 1.54) is 0 Å². The zero-order valence-electron chi connectivity index (χ0n) is 12.4. The van der Waals surface area contributed by atoms with Crippen molar-refractivity contribution in [3.05, 3.63) is 45.7 Å². The quantitative estimate of drug-likeness (QED) is 0.852. The standard InChI is InChI=1S/C16H19N3OS/c1-11-6-5-7-13(17-11)16(20)19-9-4-3-8-14(19)15-18-12(2)10-21-15/h5-7,10,14H,3-4,8-9H2,1-2H3. The second-order valence-electron chi connectivity index (χ2n) is 5.50. The minimum Gasteiger partial charge on any atom is -0.328 e. The number of carbonyl (C=O) groups excluding carboxylic acids is 1. The van der Waals surface area contributed by atoms with Crippen LogP contribution >= 0.6 is 11.3 Å². The molecule has 2 aromatic rings. The Bertz CT molecular complexity index is 652. The highest BCUT2D eigenvalue weighted by Gasteiger charge is 2.31. The first-order chi connectivity index (χ1) is 10.1. The van der Waals surface area contributed by atoms with Gasteiger partial charge < -0.3 is 4.90 Å². The number of aromatic nitrogens is 2. The molecule has 1 aliphatic rings. The maximum absolute atomic E-state index is 12.8. The van der Waals surface area contributed by atoms with Crippen molar-refractivity contribution in [2.24, 2.45) is 0 Å². The number of pyridine rings is 1. The zero-order valence-corrected chi connectivity index (χ0v) is 13.2. The van der Waals surface area contributed by atoms with Crippen LogP contribution in [-0.4, -0.2) is 27.3 Å². The fourth-order valence-electron chi connectivity index (χ4n) is 2.77. The maximum atomic E-state index is 12.8. The van der Waals surface area contributed by atoms with E-state index < -0.39 is 0 Å². The number of amides is 1. The van der Waals surface area contributed by atoms with Gasteiger partial charge in [-0.1, -0.05) is 6.07 Å². The van der Waals surface area contributed by atoms with Crippen molar-refractivity contribution in [1.29, 1.82) is 0 Å². The highest BCUT2D eigenvalue weighted by Crippen LogP contribution is 2.33. The van der Waals surface area contributed by atoms with Gasteiger partial charge in [-0.3, -0.25) is 4.79 Å². The van der Waals surface area contributed by atoms with Gasteiger partial charge in [0.2, 0.25) is 0 Å². The summed E-state index contributed by atoms with van der Waals surface area (Å²) in [4.78, 5) is 23.7. The summed E-state index contributed by atoms with van der Waals surface area (Å²) in [5.41, 5.74) is 2.44. The van der Waals surface area contributed by atoms with Gasteiger partial charge in [-0.25, -0.2) is 9.97 Å². The van der Waals surface area contributed by atoms with Crippen LogP contribution in [0.25, 0.3) is 0 Å². The Kier molecular flexibility index (Phi) is 4.01. The van der Waals surface area contributed by atoms with Gasteiger partial charge in [0.05, 0.1) is 6.04 Å². The van der Waals surface area contributed by atoms with E-state index in [0.29, 0.717) is 5.69 Å². The summed E-state index contributed by atoms with van der Waals surface area (Å²) < 4.78 is 0. The van der Waals surface area contributed by atoms with Gasteiger partial charge in [0.25, 0.3) is 5.91 Å². The van der Waals surface area contributed by atoms with Crippen molar-refractivity contribution in [1.82, 2.24) is 14.9 Å². The van der Waals surface area contributed by atoms with Crippen LogP contribution in [0.2, 0.25) is 0 Å². The normalized spacial score (nSPS) is 18.8. The van der Waals surface area contributed by atoms with Gasteiger partial charge in [0.15, 0.2) is 0 Å². The molecule has 2 aromatic heterocycles. The molecule has 5 heteroatoms. The van der Waals surface area contributed by atoms with Crippen LogP contribution in [0, 0.1) is 13.8 Å². The summed E-state index contributed by atoms with van der Waals surface area (Å²) in [6, 6.07) is 5.71. The fourth-order valence-corrected chi connectivity index (χ4v) is 3.71. The third-order valence-electron chi connectivity index (χ3n) is 3.79. The molecule has 0 spiro atoms. The number of carbonyl (C=O) groups is 1. The predicted octanol–water partition coefficient (Wildman–Crippen LogP) is 3.52. The average molecular weight is 301 g/mol. The average Bonchev–Trinajstić information content (AvgIpc) is 2.93. The minimum atomic E-state index is 0.0243. The number of piperidine rings is 1. The maximum Gasteiger partial charge on any atom is 0.273 e. The summed E-state index contributed by atoms with van der Waals surface area (Å²) in [6.07, 6.45) is 3.19. The monoisotopic (exact) mass is 301 g/mol. The number of aryl methyl sites for hydroxylation is 2. The SMILES string of the molecule is Cc1cccc(C(=O)N2CCCCC2c2nc(C)cs2)n1. The van der Waals surface area contributed by atoms with Crippen LogP contribution in [0.15, 0.2) is 23.6 Å². The number of hydrogen-bond acceptors (Lipinski definition) is 4. The number of nitrogens with zero attached hydrogens (tertiary/aromatic N) is 3. The molecule has 3 heterocycles. The van der Waals surface area contributed by atoms with Gasteiger partial charge >= 0.3 is 0 Å². The largest absolute Gasteiger partial charge is 0.328 e. The molecule has 0 bridgehead atoms. The van der Waals surface area contributed by atoms with Crippen LogP contribution in [0.5, 0.6) is 0 Å². The lowest BCUT2D eigenvalue weighted by Crippen LogP contribution is -2.38. The second-order valence-corrected chi connectivity index (χ2v) is 6.39. The number of thiazole rings is 1. The van der Waals surface area contributed by atoms with Crippen molar-refractivity contribution in [3.63, 3.8) is 0 Å². The number of hydrogen-bond donors (Lipinski definition) is 0. The highest BCUT2D eigenvalue weighted by atomic mass is 32.1.